The molecule has 7 aromatic rings. The zero-order chi connectivity index (χ0) is 35.1. The average molecular weight is 677 g/mol. The number of anilines is 5. The third kappa shape index (κ3) is 5.18. The van der Waals surface area contributed by atoms with Crippen molar-refractivity contribution in [2.24, 2.45) is 0 Å². The van der Waals surface area contributed by atoms with Crippen molar-refractivity contribution >= 4 is 28.4 Å². The number of rotatable bonds is 7. The molecule has 0 N–H and O–H groups in total. The number of nitrogens with zero attached hydrogens (tertiary/aromatic N) is 2. The molecule has 256 valence electrons. The van der Waals surface area contributed by atoms with Gasteiger partial charge in [-0.1, -0.05) is 147 Å². The first-order valence-corrected chi connectivity index (χ1v) is 18.7. The molecule has 0 amide bonds. The van der Waals surface area contributed by atoms with Crippen molar-refractivity contribution in [1.29, 1.82) is 0 Å². The van der Waals surface area contributed by atoms with Crippen molar-refractivity contribution in [2.75, 3.05) is 9.80 Å². The van der Waals surface area contributed by atoms with Gasteiger partial charge in [-0.3, -0.25) is 0 Å². The Bertz CT molecular complexity index is 2300. The second-order valence-electron chi connectivity index (χ2n) is 14.9. The van der Waals surface area contributed by atoms with Gasteiger partial charge in [0.25, 0.3) is 0 Å². The Kier molecular flexibility index (Phi) is 8.08. The number of furan rings is 1. The summed E-state index contributed by atoms with van der Waals surface area (Å²) in [6, 6.07) is 58.9. The highest BCUT2D eigenvalue weighted by Crippen LogP contribution is 2.63. The highest BCUT2D eigenvalue weighted by Gasteiger charge is 2.57. The van der Waals surface area contributed by atoms with Crippen molar-refractivity contribution in [2.45, 2.75) is 56.9 Å². The van der Waals surface area contributed by atoms with E-state index in [0.29, 0.717) is 0 Å². The Morgan fingerprint density at radius 2 is 1.13 bits per heavy atom. The van der Waals surface area contributed by atoms with E-state index in [-0.39, 0.29) is 11.0 Å². The summed E-state index contributed by atoms with van der Waals surface area (Å²) in [5.74, 6) is 0.862. The molecular formula is C49H44N2O. The van der Waals surface area contributed by atoms with Crippen LogP contribution in [0.5, 0.6) is 0 Å². The van der Waals surface area contributed by atoms with Crippen LogP contribution in [0.4, 0.5) is 28.4 Å². The van der Waals surface area contributed by atoms with Crippen molar-refractivity contribution in [3.63, 3.8) is 0 Å². The number of para-hydroxylation sites is 1. The number of benzene rings is 6. The van der Waals surface area contributed by atoms with Crippen molar-refractivity contribution in [3.05, 3.63) is 176 Å². The molecule has 1 saturated carbocycles. The Hall–Kier alpha value is -5.80. The van der Waals surface area contributed by atoms with Crippen LogP contribution in [0.25, 0.3) is 33.6 Å². The normalized spacial score (nSPS) is 15.8. The number of fused-ring (bicyclic) bond motifs is 2. The molecule has 1 spiro atoms. The van der Waals surface area contributed by atoms with Crippen molar-refractivity contribution in [3.8, 4) is 33.6 Å². The van der Waals surface area contributed by atoms with Crippen LogP contribution in [0.15, 0.2) is 174 Å². The molecule has 0 unspecified atom stereocenters. The van der Waals surface area contributed by atoms with Crippen LogP contribution >= 0.6 is 0 Å². The van der Waals surface area contributed by atoms with Gasteiger partial charge in [0.05, 0.1) is 11.3 Å². The largest absolute Gasteiger partial charge is 0.461 e. The summed E-state index contributed by atoms with van der Waals surface area (Å²) in [5.41, 5.74) is 13.0. The first kappa shape index (κ1) is 32.1. The molecule has 3 heteroatoms. The van der Waals surface area contributed by atoms with E-state index in [1.165, 1.54) is 60.2 Å². The zero-order valence-electron chi connectivity index (χ0n) is 30.0. The minimum Gasteiger partial charge on any atom is -0.461 e. The third-order valence-electron chi connectivity index (χ3n) is 11.8. The third-order valence-corrected chi connectivity index (χ3v) is 11.8. The summed E-state index contributed by atoms with van der Waals surface area (Å²) in [7, 11) is 0. The topological polar surface area (TPSA) is 19.6 Å². The second-order valence-corrected chi connectivity index (χ2v) is 14.9. The van der Waals surface area contributed by atoms with Crippen LogP contribution in [0, 0.1) is 0 Å². The smallest absolute Gasteiger partial charge is 0.143 e. The van der Waals surface area contributed by atoms with Crippen LogP contribution in [0.1, 0.15) is 51.5 Å². The predicted octanol–water partition coefficient (Wildman–Crippen LogP) is 13.9. The molecule has 1 aliphatic heterocycles. The van der Waals surface area contributed by atoms with Crippen LogP contribution in [0.3, 0.4) is 0 Å². The average Bonchev–Trinajstić information content (AvgIpc) is 3.71. The maximum absolute atomic E-state index is 6.55. The lowest BCUT2D eigenvalue weighted by molar-refractivity contribution is 0.200. The molecule has 2 heterocycles. The van der Waals surface area contributed by atoms with E-state index in [2.05, 4.69) is 187 Å². The minimum atomic E-state index is -0.151. The maximum Gasteiger partial charge on any atom is 0.143 e. The van der Waals surface area contributed by atoms with E-state index in [0.717, 1.165) is 39.5 Å². The summed E-state index contributed by atoms with van der Waals surface area (Å²) in [4.78, 5) is 5.03. The summed E-state index contributed by atoms with van der Waals surface area (Å²) < 4.78 is 6.55. The summed E-state index contributed by atoms with van der Waals surface area (Å²) >= 11 is 0. The van der Waals surface area contributed by atoms with Gasteiger partial charge in [-0.25, -0.2) is 0 Å². The van der Waals surface area contributed by atoms with Crippen molar-refractivity contribution < 1.29 is 4.42 Å². The SMILES string of the molecule is CC1(C)N(c2cccc(N(c3ccccc3)c3coc(-c4ccccc4)c3-c3ccccc3)c2)c2cccc(-c3ccccc3)c2C12CCCCC2. The van der Waals surface area contributed by atoms with Crippen LogP contribution in [-0.2, 0) is 5.41 Å². The molecule has 52 heavy (non-hydrogen) atoms. The first-order valence-electron chi connectivity index (χ1n) is 18.7. The monoisotopic (exact) mass is 676 g/mol. The fourth-order valence-electron chi connectivity index (χ4n) is 9.36. The molecule has 0 radical (unpaired) electrons. The molecule has 1 aromatic heterocycles. The number of hydrogen-bond acceptors (Lipinski definition) is 3. The van der Waals surface area contributed by atoms with Gasteiger partial charge in [0.15, 0.2) is 0 Å². The molecule has 1 fully saturated rings. The first-order chi connectivity index (χ1) is 25.6. The molecule has 9 rings (SSSR count). The molecule has 0 atom stereocenters. The number of hydrogen-bond donors (Lipinski definition) is 0. The van der Waals surface area contributed by atoms with Crippen LogP contribution in [-0.4, -0.2) is 5.54 Å². The van der Waals surface area contributed by atoms with E-state index in [9.17, 15) is 0 Å². The Balaban J connectivity index is 1.24. The fourth-order valence-corrected chi connectivity index (χ4v) is 9.36. The molecule has 3 nitrogen and oxygen atoms in total. The summed E-state index contributed by atoms with van der Waals surface area (Å²) in [6.45, 7) is 4.98. The van der Waals surface area contributed by atoms with Gasteiger partial charge in [-0.2, -0.15) is 0 Å². The lowest BCUT2D eigenvalue weighted by Crippen LogP contribution is -2.53. The molecular weight excluding hydrogens is 633 g/mol. The lowest BCUT2D eigenvalue weighted by atomic mass is 9.60. The zero-order valence-corrected chi connectivity index (χ0v) is 30.0. The van der Waals surface area contributed by atoms with Gasteiger partial charge < -0.3 is 14.2 Å². The molecule has 0 bridgehead atoms. The highest BCUT2D eigenvalue weighted by molar-refractivity contribution is 5.95. The van der Waals surface area contributed by atoms with Gasteiger partial charge in [0.1, 0.15) is 12.0 Å². The second kappa shape index (κ2) is 13.1. The molecule has 2 aliphatic rings. The van der Waals surface area contributed by atoms with E-state index in [1.807, 2.05) is 6.26 Å². The Morgan fingerprint density at radius 3 is 1.81 bits per heavy atom. The van der Waals surface area contributed by atoms with Crippen LogP contribution < -0.4 is 9.80 Å². The highest BCUT2D eigenvalue weighted by atomic mass is 16.3. The lowest BCUT2D eigenvalue weighted by Gasteiger charge is -2.49. The maximum atomic E-state index is 6.55. The van der Waals surface area contributed by atoms with E-state index in [1.54, 1.807) is 0 Å². The molecule has 1 aliphatic carbocycles. The van der Waals surface area contributed by atoms with Crippen molar-refractivity contribution in [1.82, 2.24) is 0 Å². The van der Waals surface area contributed by atoms with Gasteiger partial charge in [0.2, 0.25) is 0 Å². The Morgan fingerprint density at radius 1 is 0.558 bits per heavy atom. The summed E-state index contributed by atoms with van der Waals surface area (Å²) in [5, 5.41) is 0. The van der Waals surface area contributed by atoms with Gasteiger partial charge in [-0.15, -0.1) is 0 Å². The van der Waals surface area contributed by atoms with E-state index >= 15 is 0 Å². The van der Waals surface area contributed by atoms with Gasteiger partial charge >= 0.3 is 0 Å². The Labute approximate surface area is 307 Å². The van der Waals surface area contributed by atoms with Gasteiger partial charge in [0, 0.05) is 39.3 Å². The quantitative estimate of drug-likeness (QED) is 0.168. The summed E-state index contributed by atoms with van der Waals surface area (Å²) in [6.07, 6.45) is 8.15. The van der Waals surface area contributed by atoms with E-state index < -0.39 is 0 Å². The molecule has 6 aromatic carbocycles. The van der Waals surface area contributed by atoms with Gasteiger partial charge in [-0.05, 0) is 85.3 Å². The van der Waals surface area contributed by atoms with Crippen LogP contribution in [0.2, 0.25) is 0 Å². The minimum absolute atomic E-state index is 0.0394. The molecule has 0 saturated heterocycles. The predicted molar refractivity (Wildman–Crippen MR) is 217 cm³/mol. The standard InChI is InChI=1S/C49H44N2O/c1-48(2)49(32-16-7-17-33-49)46-42(36-20-8-3-9-21-36)30-19-31-43(46)51(48)41-29-18-28-40(34-41)50(39-26-14-6-15-27-39)44-35-52-47(38-24-12-5-13-25-38)45(44)37-22-10-4-11-23-37/h3-6,8-15,18-31,34-35H,7,16-17,32-33H2,1-2H3. The van der Waals surface area contributed by atoms with E-state index in [4.69, 9.17) is 4.42 Å². The fraction of sp³-hybridized carbons (Fsp3) is 0.184.